The number of hydrogen-bond donors (Lipinski definition) is 1. The van der Waals surface area contributed by atoms with Gasteiger partial charge in [-0.25, -0.2) is 0 Å². The monoisotopic (exact) mass is 228 g/mol. The Labute approximate surface area is 101 Å². The number of nitrogens with zero attached hydrogens (tertiary/aromatic N) is 1. The molecule has 0 saturated heterocycles. The standard InChI is InChI=1S/C13H28N2O/c1-11(2)8-10-15(5)13(16)7-6-9-14-12(3)4/h11-12,14H,6-10H2,1-5H3. The molecule has 0 fully saturated rings. The first-order chi connectivity index (χ1) is 7.43. The fourth-order valence-corrected chi connectivity index (χ4v) is 1.40. The van der Waals surface area contributed by atoms with E-state index in [2.05, 4.69) is 33.0 Å². The number of rotatable bonds is 8. The summed E-state index contributed by atoms with van der Waals surface area (Å²) >= 11 is 0. The zero-order valence-electron chi connectivity index (χ0n) is 11.5. The normalized spacial score (nSPS) is 11.2. The van der Waals surface area contributed by atoms with Crippen LogP contribution in [-0.4, -0.2) is 37.0 Å². The molecule has 3 nitrogen and oxygen atoms in total. The smallest absolute Gasteiger partial charge is 0.222 e. The first-order valence-electron chi connectivity index (χ1n) is 6.40. The number of nitrogens with one attached hydrogen (secondary N) is 1. The van der Waals surface area contributed by atoms with Gasteiger partial charge in [-0.1, -0.05) is 27.7 Å². The Hall–Kier alpha value is -0.570. The molecule has 0 aliphatic carbocycles. The van der Waals surface area contributed by atoms with Crippen molar-refractivity contribution in [3.05, 3.63) is 0 Å². The SMILES string of the molecule is CC(C)CCN(C)C(=O)CCCNC(C)C. The summed E-state index contributed by atoms with van der Waals surface area (Å²) in [7, 11) is 1.90. The van der Waals surface area contributed by atoms with Crippen LogP contribution in [0.1, 0.15) is 47.0 Å². The van der Waals surface area contributed by atoms with Gasteiger partial charge in [0.05, 0.1) is 0 Å². The van der Waals surface area contributed by atoms with Crippen LogP contribution >= 0.6 is 0 Å². The van der Waals surface area contributed by atoms with Gasteiger partial charge >= 0.3 is 0 Å². The molecule has 0 aromatic carbocycles. The second-order valence-corrected chi connectivity index (χ2v) is 5.21. The molecule has 0 unspecified atom stereocenters. The molecule has 0 saturated carbocycles. The highest BCUT2D eigenvalue weighted by atomic mass is 16.2. The molecule has 1 amide bonds. The lowest BCUT2D eigenvalue weighted by molar-refractivity contribution is -0.130. The Kier molecular flexibility index (Phi) is 8.26. The maximum Gasteiger partial charge on any atom is 0.222 e. The second-order valence-electron chi connectivity index (χ2n) is 5.21. The molecule has 0 spiro atoms. The predicted molar refractivity (Wildman–Crippen MR) is 69.5 cm³/mol. The molecule has 0 aliphatic rings. The van der Waals surface area contributed by atoms with Crippen LogP contribution in [0, 0.1) is 5.92 Å². The Morgan fingerprint density at radius 1 is 1.25 bits per heavy atom. The summed E-state index contributed by atoms with van der Waals surface area (Å²) in [5.74, 6) is 0.934. The maximum absolute atomic E-state index is 11.7. The van der Waals surface area contributed by atoms with E-state index in [-0.39, 0.29) is 5.91 Å². The van der Waals surface area contributed by atoms with Crippen molar-refractivity contribution in [1.82, 2.24) is 10.2 Å². The molecule has 0 aromatic rings. The molecule has 16 heavy (non-hydrogen) atoms. The zero-order chi connectivity index (χ0) is 12.6. The first-order valence-corrected chi connectivity index (χ1v) is 6.40. The van der Waals surface area contributed by atoms with E-state index in [0.29, 0.717) is 18.4 Å². The third kappa shape index (κ3) is 8.72. The summed E-state index contributed by atoms with van der Waals surface area (Å²) < 4.78 is 0. The van der Waals surface area contributed by atoms with Crippen LogP contribution in [0.25, 0.3) is 0 Å². The van der Waals surface area contributed by atoms with Crippen molar-refractivity contribution < 1.29 is 4.79 Å². The molecule has 0 aliphatic heterocycles. The van der Waals surface area contributed by atoms with E-state index in [9.17, 15) is 4.79 Å². The van der Waals surface area contributed by atoms with Gasteiger partial charge in [-0.3, -0.25) is 4.79 Å². The van der Waals surface area contributed by atoms with Gasteiger partial charge in [-0.15, -0.1) is 0 Å². The molecule has 0 aromatic heterocycles. The highest BCUT2D eigenvalue weighted by Crippen LogP contribution is 2.02. The summed E-state index contributed by atoms with van der Waals surface area (Å²) in [6.07, 6.45) is 2.68. The van der Waals surface area contributed by atoms with E-state index in [1.165, 1.54) is 0 Å². The van der Waals surface area contributed by atoms with Crippen molar-refractivity contribution in [1.29, 1.82) is 0 Å². The predicted octanol–water partition coefficient (Wildman–Crippen LogP) is 2.27. The summed E-state index contributed by atoms with van der Waals surface area (Å²) in [5.41, 5.74) is 0. The molecule has 0 heterocycles. The summed E-state index contributed by atoms with van der Waals surface area (Å²) in [4.78, 5) is 13.6. The Morgan fingerprint density at radius 3 is 2.38 bits per heavy atom. The van der Waals surface area contributed by atoms with E-state index in [1.807, 2.05) is 11.9 Å². The second kappa shape index (κ2) is 8.57. The number of hydrogen-bond acceptors (Lipinski definition) is 2. The molecule has 0 bridgehead atoms. The summed E-state index contributed by atoms with van der Waals surface area (Å²) in [5, 5.41) is 3.32. The van der Waals surface area contributed by atoms with Crippen LogP contribution in [0.3, 0.4) is 0 Å². The van der Waals surface area contributed by atoms with Gasteiger partial charge in [0.25, 0.3) is 0 Å². The van der Waals surface area contributed by atoms with Gasteiger partial charge in [0, 0.05) is 26.1 Å². The molecule has 0 rings (SSSR count). The lowest BCUT2D eigenvalue weighted by Gasteiger charge is -2.18. The molecular formula is C13H28N2O. The quantitative estimate of drug-likeness (QED) is 0.646. The van der Waals surface area contributed by atoms with E-state index >= 15 is 0 Å². The lowest BCUT2D eigenvalue weighted by Crippen LogP contribution is -2.30. The van der Waals surface area contributed by atoms with Crippen molar-refractivity contribution in [2.45, 2.75) is 53.0 Å². The molecule has 96 valence electrons. The van der Waals surface area contributed by atoms with Gasteiger partial charge < -0.3 is 10.2 Å². The van der Waals surface area contributed by atoms with Gasteiger partial charge in [-0.2, -0.15) is 0 Å². The fraction of sp³-hybridized carbons (Fsp3) is 0.923. The highest BCUT2D eigenvalue weighted by molar-refractivity contribution is 5.75. The Bertz CT molecular complexity index is 190. The van der Waals surface area contributed by atoms with Crippen LogP contribution in [0.2, 0.25) is 0 Å². The number of carbonyl (C=O) groups excluding carboxylic acids is 1. The van der Waals surface area contributed by atoms with Crippen LogP contribution in [0.15, 0.2) is 0 Å². The molecule has 3 heteroatoms. The third-order valence-electron chi connectivity index (χ3n) is 2.59. The van der Waals surface area contributed by atoms with Crippen LogP contribution in [0.4, 0.5) is 0 Å². The van der Waals surface area contributed by atoms with Crippen LogP contribution in [0.5, 0.6) is 0 Å². The minimum absolute atomic E-state index is 0.270. The Balaban J connectivity index is 3.55. The molecule has 0 radical (unpaired) electrons. The van der Waals surface area contributed by atoms with Gasteiger partial charge in [0.1, 0.15) is 0 Å². The summed E-state index contributed by atoms with van der Waals surface area (Å²) in [6, 6.07) is 0.508. The molecule has 0 atom stereocenters. The minimum atomic E-state index is 0.270. The van der Waals surface area contributed by atoms with E-state index in [4.69, 9.17) is 0 Å². The van der Waals surface area contributed by atoms with Gasteiger partial charge in [-0.05, 0) is 25.3 Å². The van der Waals surface area contributed by atoms with Crippen molar-refractivity contribution in [3.8, 4) is 0 Å². The van der Waals surface area contributed by atoms with Crippen LogP contribution in [-0.2, 0) is 4.79 Å². The average Bonchev–Trinajstić information content (AvgIpc) is 2.20. The third-order valence-corrected chi connectivity index (χ3v) is 2.59. The van der Waals surface area contributed by atoms with Crippen molar-refractivity contribution in [2.24, 2.45) is 5.92 Å². The Morgan fingerprint density at radius 2 is 1.88 bits per heavy atom. The van der Waals surface area contributed by atoms with Crippen molar-refractivity contribution in [2.75, 3.05) is 20.1 Å². The number of amides is 1. The average molecular weight is 228 g/mol. The van der Waals surface area contributed by atoms with Gasteiger partial charge in [0.2, 0.25) is 5.91 Å². The van der Waals surface area contributed by atoms with E-state index in [0.717, 1.165) is 25.9 Å². The molecular weight excluding hydrogens is 200 g/mol. The highest BCUT2D eigenvalue weighted by Gasteiger charge is 2.08. The largest absolute Gasteiger partial charge is 0.346 e. The first kappa shape index (κ1) is 15.4. The van der Waals surface area contributed by atoms with E-state index < -0.39 is 0 Å². The fourth-order valence-electron chi connectivity index (χ4n) is 1.40. The molecule has 1 N–H and O–H groups in total. The van der Waals surface area contributed by atoms with Crippen molar-refractivity contribution in [3.63, 3.8) is 0 Å². The van der Waals surface area contributed by atoms with Gasteiger partial charge in [0.15, 0.2) is 0 Å². The van der Waals surface area contributed by atoms with E-state index in [1.54, 1.807) is 0 Å². The summed E-state index contributed by atoms with van der Waals surface area (Å²) in [6.45, 7) is 10.4. The maximum atomic E-state index is 11.7. The van der Waals surface area contributed by atoms with Crippen molar-refractivity contribution >= 4 is 5.91 Å². The zero-order valence-corrected chi connectivity index (χ0v) is 11.5. The van der Waals surface area contributed by atoms with Crippen LogP contribution < -0.4 is 5.32 Å². The minimum Gasteiger partial charge on any atom is -0.346 e. The topological polar surface area (TPSA) is 32.3 Å². The number of carbonyl (C=O) groups is 1. The lowest BCUT2D eigenvalue weighted by atomic mass is 10.1.